The van der Waals surface area contributed by atoms with Gasteiger partial charge in [-0.1, -0.05) is 30.3 Å². The first-order valence-electron chi connectivity index (χ1n) is 11.5. The van der Waals surface area contributed by atoms with E-state index in [1.165, 1.54) is 23.9 Å². The summed E-state index contributed by atoms with van der Waals surface area (Å²) in [6.07, 6.45) is 1.25. The second-order valence-electron chi connectivity index (χ2n) is 8.32. The summed E-state index contributed by atoms with van der Waals surface area (Å²) in [5, 5.41) is 15.3. The summed E-state index contributed by atoms with van der Waals surface area (Å²) in [5.74, 6) is -0.200. The fraction of sp³-hybridized carbons (Fsp3) is 0.296. The first-order chi connectivity index (χ1) is 17.2. The number of hydrogen-bond acceptors (Lipinski definition) is 6. The Bertz CT molecular complexity index is 1330. The van der Waals surface area contributed by atoms with Crippen LogP contribution in [0.3, 0.4) is 0 Å². The van der Waals surface area contributed by atoms with Gasteiger partial charge < -0.3 is 29.8 Å². The van der Waals surface area contributed by atoms with Crippen LogP contribution in [-0.4, -0.2) is 35.4 Å². The van der Waals surface area contributed by atoms with E-state index in [0.717, 1.165) is 22.3 Å². The SMILES string of the molecule is CCOC(=O)CC(NC(=O)Nc1c(O)ccn(C)c1=O)c1ccc(OC)c(-c2ccccc2C)c1C. The number of aromatic nitrogens is 1. The number of esters is 1. The van der Waals surface area contributed by atoms with Gasteiger partial charge in [-0.05, 0) is 55.2 Å². The minimum absolute atomic E-state index is 0.138. The molecule has 3 rings (SSSR count). The zero-order valence-electron chi connectivity index (χ0n) is 21.0. The van der Waals surface area contributed by atoms with E-state index in [1.54, 1.807) is 26.2 Å². The molecule has 0 saturated carbocycles. The van der Waals surface area contributed by atoms with Crippen LogP contribution in [-0.2, 0) is 16.6 Å². The number of nitrogens with zero attached hydrogens (tertiary/aromatic N) is 1. The first kappa shape index (κ1) is 26.3. The third-order valence-electron chi connectivity index (χ3n) is 5.94. The number of rotatable bonds is 8. The van der Waals surface area contributed by atoms with Gasteiger partial charge in [-0.3, -0.25) is 9.59 Å². The first-order valence-corrected chi connectivity index (χ1v) is 11.5. The van der Waals surface area contributed by atoms with Crippen molar-refractivity contribution >= 4 is 17.7 Å². The molecular weight excluding hydrogens is 462 g/mol. The monoisotopic (exact) mass is 493 g/mol. The third-order valence-corrected chi connectivity index (χ3v) is 5.94. The van der Waals surface area contributed by atoms with Crippen molar-refractivity contribution in [1.82, 2.24) is 9.88 Å². The number of hydrogen-bond donors (Lipinski definition) is 3. The van der Waals surface area contributed by atoms with Crippen molar-refractivity contribution in [3.63, 3.8) is 0 Å². The summed E-state index contributed by atoms with van der Waals surface area (Å²) in [4.78, 5) is 37.8. The average Bonchev–Trinajstić information content (AvgIpc) is 2.84. The summed E-state index contributed by atoms with van der Waals surface area (Å²) in [6.45, 7) is 5.79. The van der Waals surface area contributed by atoms with E-state index in [2.05, 4.69) is 10.6 Å². The summed E-state index contributed by atoms with van der Waals surface area (Å²) >= 11 is 0. The van der Waals surface area contributed by atoms with Crippen molar-refractivity contribution in [2.45, 2.75) is 33.2 Å². The third kappa shape index (κ3) is 5.68. The second-order valence-corrected chi connectivity index (χ2v) is 8.32. The molecule has 190 valence electrons. The highest BCUT2D eigenvalue weighted by molar-refractivity contribution is 5.91. The highest BCUT2D eigenvalue weighted by atomic mass is 16.5. The molecule has 9 heteroatoms. The molecule has 1 aromatic heterocycles. The standard InChI is InChI=1S/C27H31N3O6/c1-6-36-23(32)15-20(28-27(34)29-25-21(31)13-14-30(4)26(25)33)19-11-12-22(35-5)24(17(19)3)18-10-8-7-9-16(18)2/h7-14,20,31H,6,15H2,1-5H3,(H2,28,29,34). The molecular formula is C27H31N3O6. The zero-order valence-corrected chi connectivity index (χ0v) is 21.0. The normalized spacial score (nSPS) is 11.5. The summed E-state index contributed by atoms with van der Waals surface area (Å²) in [7, 11) is 3.09. The van der Waals surface area contributed by atoms with Crippen LogP contribution >= 0.6 is 0 Å². The van der Waals surface area contributed by atoms with E-state index in [0.29, 0.717) is 11.3 Å². The molecule has 0 aliphatic carbocycles. The fourth-order valence-corrected chi connectivity index (χ4v) is 4.11. The van der Waals surface area contributed by atoms with Gasteiger partial charge in [0, 0.05) is 18.8 Å². The maximum absolute atomic E-state index is 12.9. The lowest BCUT2D eigenvalue weighted by Gasteiger charge is -2.24. The molecule has 2 amide bonds. The van der Waals surface area contributed by atoms with Crippen LogP contribution in [0, 0.1) is 13.8 Å². The lowest BCUT2D eigenvalue weighted by Crippen LogP contribution is -2.36. The largest absolute Gasteiger partial charge is 0.505 e. The predicted molar refractivity (Wildman–Crippen MR) is 137 cm³/mol. The molecule has 1 heterocycles. The number of ether oxygens (including phenoxy) is 2. The van der Waals surface area contributed by atoms with E-state index < -0.39 is 23.6 Å². The van der Waals surface area contributed by atoms with E-state index in [4.69, 9.17) is 9.47 Å². The number of carbonyl (C=O) groups is 2. The fourth-order valence-electron chi connectivity index (χ4n) is 4.11. The van der Waals surface area contributed by atoms with Gasteiger partial charge in [-0.25, -0.2) is 4.79 Å². The average molecular weight is 494 g/mol. The Labute approximate surface area is 209 Å². The van der Waals surface area contributed by atoms with E-state index in [9.17, 15) is 19.5 Å². The molecule has 0 aliphatic rings. The molecule has 1 atom stereocenters. The van der Waals surface area contributed by atoms with Gasteiger partial charge in [0.05, 0.1) is 26.2 Å². The van der Waals surface area contributed by atoms with Crippen molar-refractivity contribution in [1.29, 1.82) is 0 Å². The van der Waals surface area contributed by atoms with Crippen LogP contribution in [0.2, 0.25) is 0 Å². The number of urea groups is 1. The van der Waals surface area contributed by atoms with Crippen LogP contribution in [0.15, 0.2) is 53.5 Å². The number of benzene rings is 2. The minimum Gasteiger partial charge on any atom is -0.505 e. The molecule has 2 aromatic carbocycles. The lowest BCUT2D eigenvalue weighted by atomic mass is 9.89. The zero-order chi connectivity index (χ0) is 26.4. The van der Waals surface area contributed by atoms with Gasteiger partial charge in [-0.2, -0.15) is 0 Å². The van der Waals surface area contributed by atoms with Crippen molar-refractivity contribution in [2.75, 3.05) is 19.0 Å². The van der Waals surface area contributed by atoms with Crippen LogP contribution in [0.1, 0.15) is 36.1 Å². The molecule has 9 nitrogen and oxygen atoms in total. The van der Waals surface area contributed by atoms with E-state index in [-0.39, 0.29) is 24.5 Å². The number of nitrogens with one attached hydrogen (secondary N) is 2. The number of amides is 2. The Hall–Kier alpha value is -4.27. The van der Waals surface area contributed by atoms with Gasteiger partial charge in [0.15, 0.2) is 5.69 Å². The van der Waals surface area contributed by atoms with Crippen molar-refractivity contribution < 1.29 is 24.2 Å². The number of pyridine rings is 1. The Balaban J connectivity index is 2.04. The maximum atomic E-state index is 12.9. The summed E-state index contributed by atoms with van der Waals surface area (Å²) in [6, 6.07) is 11.2. The Morgan fingerprint density at radius 2 is 1.83 bits per heavy atom. The molecule has 0 aliphatic heterocycles. The molecule has 3 aromatic rings. The Morgan fingerprint density at radius 1 is 1.11 bits per heavy atom. The van der Waals surface area contributed by atoms with Gasteiger partial charge in [0.25, 0.3) is 5.56 Å². The summed E-state index contributed by atoms with van der Waals surface area (Å²) in [5.41, 5.74) is 3.51. The van der Waals surface area contributed by atoms with Gasteiger partial charge in [-0.15, -0.1) is 0 Å². The molecule has 0 bridgehead atoms. The molecule has 0 fully saturated rings. The molecule has 3 N–H and O–H groups in total. The van der Waals surface area contributed by atoms with Crippen LogP contribution in [0.25, 0.3) is 11.1 Å². The highest BCUT2D eigenvalue weighted by Gasteiger charge is 2.25. The van der Waals surface area contributed by atoms with Crippen molar-refractivity contribution in [3.8, 4) is 22.6 Å². The van der Waals surface area contributed by atoms with Gasteiger partial charge >= 0.3 is 12.0 Å². The number of carbonyl (C=O) groups excluding carboxylic acids is 2. The van der Waals surface area contributed by atoms with Gasteiger partial charge in [0.1, 0.15) is 11.5 Å². The van der Waals surface area contributed by atoms with Crippen LogP contribution in [0.4, 0.5) is 10.5 Å². The smallest absolute Gasteiger partial charge is 0.319 e. The van der Waals surface area contributed by atoms with E-state index in [1.807, 2.05) is 38.1 Å². The van der Waals surface area contributed by atoms with Crippen LogP contribution < -0.4 is 20.9 Å². The minimum atomic E-state index is -0.785. The second kappa shape index (κ2) is 11.4. The Kier molecular flexibility index (Phi) is 8.37. The maximum Gasteiger partial charge on any atom is 0.319 e. The molecule has 36 heavy (non-hydrogen) atoms. The van der Waals surface area contributed by atoms with E-state index >= 15 is 0 Å². The quantitative estimate of drug-likeness (QED) is 0.405. The molecule has 0 spiro atoms. The Morgan fingerprint density at radius 3 is 2.50 bits per heavy atom. The summed E-state index contributed by atoms with van der Waals surface area (Å²) < 4.78 is 12.0. The number of aryl methyl sites for hydroxylation is 2. The van der Waals surface area contributed by atoms with Gasteiger partial charge in [0.2, 0.25) is 0 Å². The van der Waals surface area contributed by atoms with Crippen molar-refractivity contribution in [3.05, 3.63) is 75.7 Å². The van der Waals surface area contributed by atoms with Crippen LogP contribution in [0.5, 0.6) is 11.5 Å². The number of methoxy groups -OCH3 is 1. The predicted octanol–water partition coefficient (Wildman–Crippen LogP) is 4.20. The topological polar surface area (TPSA) is 119 Å². The number of aromatic hydroxyl groups is 1. The lowest BCUT2D eigenvalue weighted by molar-refractivity contribution is -0.143. The molecule has 0 saturated heterocycles. The number of anilines is 1. The highest BCUT2D eigenvalue weighted by Crippen LogP contribution is 2.39. The molecule has 1 unspecified atom stereocenters. The van der Waals surface area contributed by atoms with Crippen molar-refractivity contribution in [2.24, 2.45) is 7.05 Å². The molecule has 0 radical (unpaired) electrons.